The summed E-state index contributed by atoms with van der Waals surface area (Å²) >= 11 is 0. The number of rotatable bonds is 5. The predicted octanol–water partition coefficient (Wildman–Crippen LogP) is 4.47. The second-order valence-corrected chi connectivity index (χ2v) is 8.51. The summed E-state index contributed by atoms with van der Waals surface area (Å²) in [6.45, 7) is 16.3. The zero-order valence-electron chi connectivity index (χ0n) is 15.0. The van der Waals surface area contributed by atoms with Gasteiger partial charge in [-0.25, -0.2) is 0 Å². The summed E-state index contributed by atoms with van der Waals surface area (Å²) in [5.74, 6) is 0.459. The van der Waals surface area contributed by atoms with Crippen molar-refractivity contribution in [3.8, 4) is 0 Å². The van der Waals surface area contributed by atoms with Crippen molar-refractivity contribution in [2.45, 2.75) is 59.8 Å². The van der Waals surface area contributed by atoms with Crippen molar-refractivity contribution in [1.29, 1.82) is 0 Å². The molecule has 0 heterocycles. The number of hydrogen-bond acceptors (Lipinski definition) is 3. The molecule has 2 aliphatic carbocycles. The largest absolute Gasteiger partial charge is 0.465 e. The van der Waals surface area contributed by atoms with E-state index < -0.39 is 5.41 Å². The second kappa shape index (κ2) is 6.26. The lowest BCUT2D eigenvalue weighted by molar-refractivity contribution is -0.153. The lowest BCUT2D eigenvalue weighted by Crippen LogP contribution is -2.36. The highest BCUT2D eigenvalue weighted by atomic mass is 16.5. The molecule has 0 aromatic carbocycles. The quantitative estimate of drug-likeness (QED) is 0.426. The molecule has 3 nitrogen and oxygen atoms in total. The fourth-order valence-electron chi connectivity index (χ4n) is 4.23. The van der Waals surface area contributed by atoms with Crippen LogP contribution in [-0.2, 0) is 14.3 Å². The minimum atomic E-state index is -0.456. The Balaban J connectivity index is 1.99. The number of carbonyl (C=O) groups is 2. The highest BCUT2D eigenvalue weighted by Crippen LogP contribution is 2.59. The third-order valence-electron chi connectivity index (χ3n) is 5.48. The minimum Gasteiger partial charge on any atom is -0.465 e. The van der Waals surface area contributed by atoms with E-state index in [-0.39, 0.29) is 23.2 Å². The van der Waals surface area contributed by atoms with E-state index in [4.69, 9.17) is 4.74 Å². The van der Waals surface area contributed by atoms with E-state index in [0.717, 1.165) is 36.8 Å². The smallest absolute Gasteiger partial charge is 0.311 e. The van der Waals surface area contributed by atoms with E-state index in [2.05, 4.69) is 13.2 Å². The molecule has 0 aliphatic heterocycles. The van der Waals surface area contributed by atoms with Crippen molar-refractivity contribution < 1.29 is 14.3 Å². The first-order chi connectivity index (χ1) is 10.6. The van der Waals surface area contributed by atoms with E-state index >= 15 is 0 Å². The van der Waals surface area contributed by atoms with Gasteiger partial charge in [-0.3, -0.25) is 9.59 Å². The maximum absolute atomic E-state index is 12.3. The Morgan fingerprint density at radius 2 is 2.04 bits per heavy atom. The van der Waals surface area contributed by atoms with Crippen LogP contribution in [0.3, 0.4) is 0 Å². The van der Waals surface area contributed by atoms with Gasteiger partial charge in [0.15, 0.2) is 0 Å². The molecule has 0 saturated heterocycles. The first-order valence-corrected chi connectivity index (χ1v) is 8.60. The van der Waals surface area contributed by atoms with Crippen molar-refractivity contribution in [2.24, 2.45) is 22.7 Å². The Morgan fingerprint density at radius 3 is 2.61 bits per heavy atom. The maximum atomic E-state index is 12.3. The van der Waals surface area contributed by atoms with Gasteiger partial charge in [0.2, 0.25) is 0 Å². The van der Waals surface area contributed by atoms with Crippen LogP contribution in [0.5, 0.6) is 0 Å². The summed E-state index contributed by atoms with van der Waals surface area (Å²) in [5.41, 5.74) is 1.82. The Labute approximate surface area is 140 Å². The van der Waals surface area contributed by atoms with Crippen LogP contribution < -0.4 is 0 Å². The van der Waals surface area contributed by atoms with E-state index in [0.29, 0.717) is 18.8 Å². The van der Waals surface area contributed by atoms with Crippen LogP contribution in [0.15, 0.2) is 24.3 Å². The average Bonchev–Trinajstić information content (AvgIpc) is 2.72. The van der Waals surface area contributed by atoms with Crippen LogP contribution in [0.25, 0.3) is 0 Å². The SMILES string of the molecule is C=C1C[C@]2(CCCOC(=O)C(C)(C)C)C[C@H]1C(=O)C[C@H]2C(=C)C. The van der Waals surface area contributed by atoms with E-state index in [1.54, 1.807) is 0 Å². The van der Waals surface area contributed by atoms with Crippen LogP contribution in [-0.4, -0.2) is 18.4 Å². The fraction of sp³-hybridized carbons (Fsp3) is 0.700. The highest BCUT2D eigenvalue weighted by molar-refractivity contribution is 5.86. The lowest BCUT2D eigenvalue weighted by Gasteiger charge is -2.41. The molecule has 3 atom stereocenters. The molecular weight excluding hydrogens is 288 g/mol. The van der Waals surface area contributed by atoms with Gasteiger partial charge in [-0.15, -0.1) is 0 Å². The predicted molar refractivity (Wildman–Crippen MR) is 91.9 cm³/mol. The van der Waals surface area contributed by atoms with Crippen molar-refractivity contribution in [2.75, 3.05) is 6.61 Å². The number of esters is 1. The molecule has 0 amide bonds. The van der Waals surface area contributed by atoms with Crippen LogP contribution >= 0.6 is 0 Å². The van der Waals surface area contributed by atoms with Crippen LogP contribution in [0.2, 0.25) is 0 Å². The molecule has 2 rings (SSSR count). The lowest BCUT2D eigenvalue weighted by atomic mass is 9.63. The molecule has 0 unspecified atom stereocenters. The first-order valence-electron chi connectivity index (χ1n) is 8.60. The first kappa shape index (κ1) is 18.0. The summed E-state index contributed by atoms with van der Waals surface area (Å²) in [7, 11) is 0. The van der Waals surface area contributed by atoms with Crippen molar-refractivity contribution in [3.63, 3.8) is 0 Å². The Bertz CT molecular complexity index is 538. The van der Waals surface area contributed by atoms with Crippen molar-refractivity contribution in [1.82, 2.24) is 0 Å². The standard InChI is InChI=1S/C20H30O3/c1-13(2)16-10-17(21)15-12-20(16,11-14(15)3)8-7-9-23-18(22)19(4,5)6/h15-16H,1,3,7-12H2,2,4-6H3/t15-,16+,20-/m1/s1. The van der Waals surface area contributed by atoms with Crippen LogP contribution in [0, 0.1) is 22.7 Å². The number of hydrogen-bond donors (Lipinski definition) is 0. The Morgan fingerprint density at radius 1 is 1.39 bits per heavy atom. The third kappa shape index (κ3) is 3.59. The van der Waals surface area contributed by atoms with E-state index in [1.165, 1.54) is 0 Å². The molecule has 3 heteroatoms. The zero-order chi connectivity index (χ0) is 17.4. The normalized spacial score (nSPS) is 30.4. The molecule has 0 aromatic rings. The summed E-state index contributed by atoms with van der Waals surface area (Å²) in [6, 6.07) is 0. The summed E-state index contributed by atoms with van der Waals surface area (Å²) < 4.78 is 5.39. The summed E-state index contributed by atoms with van der Waals surface area (Å²) in [5, 5.41) is 0. The molecule has 2 fully saturated rings. The van der Waals surface area contributed by atoms with Gasteiger partial charge in [-0.05, 0) is 64.7 Å². The topological polar surface area (TPSA) is 43.4 Å². The maximum Gasteiger partial charge on any atom is 0.311 e. The van der Waals surface area contributed by atoms with E-state index in [9.17, 15) is 9.59 Å². The summed E-state index contributed by atoms with van der Waals surface area (Å²) in [4.78, 5) is 24.1. The Kier molecular flexibility index (Phi) is 4.89. The summed E-state index contributed by atoms with van der Waals surface area (Å²) in [6.07, 6.45) is 4.20. The van der Waals surface area contributed by atoms with Gasteiger partial charge in [0.1, 0.15) is 5.78 Å². The highest BCUT2D eigenvalue weighted by Gasteiger charge is 2.53. The number of allylic oxidation sites excluding steroid dienone is 2. The van der Waals surface area contributed by atoms with Gasteiger partial charge in [-0.2, -0.15) is 0 Å². The fourth-order valence-corrected chi connectivity index (χ4v) is 4.23. The number of ether oxygens (including phenoxy) is 1. The molecule has 23 heavy (non-hydrogen) atoms. The van der Waals surface area contributed by atoms with Gasteiger partial charge in [0.25, 0.3) is 0 Å². The Hall–Kier alpha value is -1.38. The molecule has 0 aromatic heterocycles. The number of Topliss-reactive ketones (excluding diaryl/α,β-unsaturated/α-hetero) is 1. The number of ketones is 1. The minimum absolute atomic E-state index is 0.0442. The molecule has 0 spiro atoms. The van der Waals surface area contributed by atoms with Gasteiger partial charge >= 0.3 is 5.97 Å². The molecule has 2 saturated carbocycles. The number of fused-ring (bicyclic) bond motifs is 2. The van der Waals surface area contributed by atoms with Gasteiger partial charge in [0.05, 0.1) is 12.0 Å². The molecule has 128 valence electrons. The molecule has 0 N–H and O–H groups in total. The zero-order valence-corrected chi connectivity index (χ0v) is 15.0. The van der Waals surface area contributed by atoms with Gasteiger partial charge in [-0.1, -0.05) is 24.3 Å². The van der Waals surface area contributed by atoms with Crippen LogP contribution in [0.4, 0.5) is 0 Å². The second-order valence-electron chi connectivity index (χ2n) is 8.51. The van der Waals surface area contributed by atoms with Gasteiger partial charge < -0.3 is 4.74 Å². The molecular formula is C20H30O3. The average molecular weight is 318 g/mol. The van der Waals surface area contributed by atoms with Gasteiger partial charge in [0, 0.05) is 12.3 Å². The van der Waals surface area contributed by atoms with Crippen molar-refractivity contribution in [3.05, 3.63) is 24.3 Å². The van der Waals surface area contributed by atoms with Crippen molar-refractivity contribution >= 4 is 11.8 Å². The third-order valence-corrected chi connectivity index (χ3v) is 5.48. The molecule has 0 radical (unpaired) electrons. The molecule has 2 aliphatic rings. The van der Waals surface area contributed by atoms with E-state index in [1.807, 2.05) is 27.7 Å². The van der Waals surface area contributed by atoms with Crippen LogP contribution in [0.1, 0.15) is 59.8 Å². The number of carbonyl (C=O) groups excluding carboxylic acids is 2. The molecule has 2 bridgehead atoms. The monoisotopic (exact) mass is 318 g/mol.